The lowest BCUT2D eigenvalue weighted by Gasteiger charge is -2.39. The van der Waals surface area contributed by atoms with E-state index >= 15 is 0 Å². The number of hydrogen-bond acceptors (Lipinski definition) is 13. The highest BCUT2D eigenvalue weighted by atomic mass is 15.2. The van der Waals surface area contributed by atoms with Crippen molar-refractivity contribution in [3.63, 3.8) is 0 Å². The lowest BCUT2D eigenvalue weighted by atomic mass is 9.89. The third-order valence-electron chi connectivity index (χ3n) is 25.9. The summed E-state index contributed by atoms with van der Waals surface area (Å²) in [7, 11) is 32.0. The van der Waals surface area contributed by atoms with Gasteiger partial charge in [-0.1, -0.05) is 341 Å². The predicted molar refractivity (Wildman–Crippen MR) is 558 cm³/mol. The second kappa shape index (κ2) is 105. The van der Waals surface area contributed by atoms with Crippen molar-refractivity contribution in [1.82, 2.24) is 63.7 Å². The van der Waals surface area contributed by atoms with Crippen molar-refractivity contribution in [2.75, 3.05) is 230 Å². The summed E-state index contributed by atoms with van der Waals surface area (Å²) in [6.45, 7) is 57.2. The van der Waals surface area contributed by atoms with Crippen LogP contribution in [-0.4, -0.2) is 318 Å². The van der Waals surface area contributed by atoms with Gasteiger partial charge in [0.2, 0.25) is 0 Å². The molecule has 0 bridgehead atoms. The van der Waals surface area contributed by atoms with Crippen molar-refractivity contribution in [1.29, 1.82) is 0 Å². The Morgan fingerprint density at radius 2 is 0.421 bits per heavy atom. The third-order valence-corrected chi connectivity index (χ3v) is 25.9. The molecule has 5 saturated carbocycles. The topological polar surface area (TPSA) is 42.1 Å². The summed E-state index contributed by atoms with van der Waals surface area (Å²) in [5.41, 5.74) is 0. The molecule has 0 N–H and O–H groups in total. The fourth-order valence-corrected chi connectivity index (χ4v) is 17.4. The van der Waals surface area contributed by atoms with Crippen LogP contribution in [0.15, 0.2) is 0 Å². The average molecular weight is 1720 g/mol. The highest BCUT2D eigenvalue weighted by molar-refractivity contribution is 4.82. The van der Waals surface area contributed by atoms with Crippen LogP contribution in [0.4, 0.5) is 0 Å². The van der Waals surface area contributed by atoms with Gasteiger partial charge in [-0.3, -0.25) is 9.80 Å². The van der Waals surface area contributed by atoms with Gasteiger partial charge < -0.3 is 53.9 Å². The molecule has 0 spiro atoms. The van der Waals surface area contributed by atoms with E-state index in [4.69, 9.17) is 0 Å². The first-order valence-electron chi connectivity index (χ1n) is 54.2. The van der Waals surface area contributed by atoms with Crippen molar-refractivity contribution in [3.05, 3.63) is 0 Å². The van der Waals surface area contributed by atoms with Crippen LogP contribution in [0.2, 0.25) is 0 Å². The van der Waals surface area contributed by atoms with Crippen LogP contribution < -0.4 is 0 Å². The van der Waals surface area contributed by atoms with E-state index in [1.54, 1.807) is 0 Å². The van der Waals surface area contributed by atoms with Gasteiger partial charge >= 0.3 is 0 Å². The van der Waals surface area contributed by atoms with Crippen LogP contribution in [0.3, 0.4) is 0 Å². The van der Waals surface area contributed by atoms with E-state index in [1.807, 2.05) is 0 Å². The molecule has 5 fully saturated rings. The Morgan fingerprint density at radius 3 is 0.653 bits per heavy atom. The van der Waals surface area contributed by atoms with Crippen molar-refractivity contribution >= 4 is 0 Å². The van der Waals surface area contributed by atoms with Crippen LogP contribution in [-0.2, 0) is 0 Å². The van der Waals surface area contributed by atoms with Crippen molar-refractivity contribution in [2.24, 2.45) is 5.92 Å². The Bertz CT molecular complexity index is 1710. The van der Waals surface area contributed by atoms with Crippen molar-refractivity contribution in [2.45, 2.75) is 475 Å². The summed E-state index contributed by atoms with van der Waals surface area (Å²) in [6, 6.07) is 3.65. The van der Waals surface area contributed by atoms with Crippen LogP contribution in [0.1, 0.15) is 451 Å². The highest BCUT2D eigenvalue weighted by Gasteiger charge is 2.26. The summed E-state index contributed by atoms with van der Waals surface area (Å²) in [5, 5.41) is 0. The first kappa shape index (κ1) is 131. The lowest BCUT2D eigenvalue weighted by Crippen LogP contribution is -2.42. The minimum atomic E-state index is 0.888. The van der Waals surface area contributed by atoms with Gasteiger partial charge in [0.05, 0.1) is 0 Å². The largest absolute Gasteiger partial charge is 0.310 e. The van der Waals surface area contributed by atoms with Crippen molar-refractivity contribution in [3.8, 4) is 0 Å². The average Bonchev–Trinajstić information content (AvgIpc) is 0.869. The second-order valence-corrected chi connectivity index (χ2v) is 39.1. The molecule has 0 heterocycles. The zero-order valence-electron chi connectivity index (χ0n) is 90.3. The molecule has 0 saturated heterocycles. The van der Waals surface area contributed by atoms with Gasteiger partial charge in [0, 0.05) is 37.4 Å². The maximum absolute atomic E-state index is 2.74. The molecule has 0 aromatic heterocycles. The molecule has 0 amide bonds. The quantitative estimate of drug-likeness (QED) is 0.0429. The maximum atomic E-state index is 2.74. The molecule has 0 atom stereocenters. The minimum absolute atomic E-state index is 0.888. The summed E-state index contributed by atoms with van der Waals surface area (Å²) < 4.78 is 0. The van der Waals surface area contributed by atoms with E-state index in [-0.39, 0.29) is 0 Å². The molecule has 0 unspecified atom stereocenters. The molecule has 13 nitrogen and oxygen atoms in total. The smallest absolute Gasteiger partial charge is 0.0495 e. The fourth-order valence-electron chi connectivity index (χ4n) is 17.4. The summed E-state index contributed by atoms with van der Waals surface area (Å²) in [5.74, 6) is 1.00. The summed E-state index contributed by atoms with van der Waals surface area (Å²) >= 11 is 0. The molecule has 5 aliphatic rings. The Balaban J connectivity index is -0.000000305. The maximum Gasteiger partial charge on any atom is 0.0495 e. The SMILES string of the molecule is CCCCCCCCCCCCN(C)C.CCCCCCN(C)C.CCCCCCN(CCCCCC)CCCCCC.CCCCN(CC)CC.CCN(C)C.CCN(CC)C1CCCCC1.CCN(CC)CCCN(CC)CC.CN(C)C1CCCCC1.CN(C)CC1CCCCC1.CN(C)CN(C)C.CN(C1CCCCC1)C1CCCCC1. The molecule has 5 aliphatic carbocycles. The van der Waals surface area contributed by atoms with Crippen molar-refractivity contribution < 1.29 is 0 Å². The molecule has 0 radical (unpaired) electrons. The normalized spacial score (nSPS) is 15.6. The molecule has 5 rings (SSSR count). The van der Waals surface area contributed by atoms with E-state index in [0.717, 1.165) is 43.3 Å². The van der Waals surface area contributed by atoms with Crippen LogP contribution in [0, 0.1) is 5.92 Å². The standard InChI is InChI=1S/C18H39N.C14H31N.C13H25N.C11H26N2.C10H21N.C9H19N.C8H17N.2C8H19N.C5H14N2.C4H11N/c1-4-7-10-13-16-19(17-14-11-8-5-2)18-15-12-9-6-3;1-4-5-6-7-8-9-10-11-12-13-14-15(2)3;1-14(12-8-4-2-5-9-12)13-10-6-3-7-11-13;1-5-12(6-2)10-9-11-13(7-3)8-4;1-3-11(4-2)10-8-6-5-7-9-10;1-10(2)8-9-6-4-3-5-7-9;1-9(2)8-6-4-3-5-7-8;1-4-5-6-7-8-9(2)3;1-4-7-8-9(5-2)6-3;1-6(2)5-7(3)4;1-4-5(2)3/h4-18H2,1-3H3;4-14H2,1-3H3;12-13H,2-11H2,1H3;5-11H2,1-4H3;10H,3-9H2,1-2H3;9H,3-8H2,1-2H3;8H,3-7H2,1-2H3;2*4-8H2,1-3H3;5H2,1-4H3;4H2,1-3H3. The van der Waals surface area contributed by atoms with Crippen LogP contribution in [0.5, 0.6) is 0 Å². The zero-order chi connectivity index (χ0) is 92.0. The highest BCUT2D eigenvalue weighted by Crippen LogP contribution is 2.29. The molecule has 0 aromatic carbocycles. The zero-order valence-corrected chi connectivity index (χ0v) is 90.3. The van der Waals surface area contributed by atoms with Gasteiger partial charge in [-0.2, -0.15) is 0 Å². The molecular weight excluding hydrogens is 1480 g/mol. The van der Waals surface area contributed by atoms with Gasteiger partial charge in [0.15, 0.2) is 0 Å². The van der Waals surface area contributed by atoms with Crippen LogP contribution >= 0.6 is 0 Å². The lowest BCUT2D eigenvalue weighted by molar-refractivity contribution is 0.111. The van der Waals surface area contributed by atoms with Gasteiger partial charge in [0.25, 0.3) is 0 Å². The molecule has 738 valence electrons. The predicted octanol–water partition coefficient (Wildman–Crippen LogP) is 27.7. The number of nitrogens with zero attached hydrogens (tertiary/aromatic N) is 13. The van der Waals surface area contributed by atoms with E-state index in [9.17, 15) is 0 Å². The fraction of sp³-hybridized carbons (Fsp3) is 1.00. The van der Waals surface area contributed by atoms with E-state index < -0.39 is 0 Å². The summed E-state index contributed by atoms with van der Waals surface area (Å²) in [6.07, 6.45) is 77.2. The number of rotatable bonds is 55. The van der Waals surface area contributed by atoms with E-state index in [1.165, 1.54) is 458 Å². The van der Waals surface area contributed by atoms with E-state index in [2.05, 4.69) is 273 Å². The van der Waals surface area contributed by atoms with Gasteiger partial charge in [0.1, 0.15) is 0 Å². The Morgan fingerprint density at radius 1 is 0.182 bits per heavy atom. The monoisotopic (exact) mass is 1720 g/mol. The Labute approximate surface area is 770 Å². The molecule has 13 heteroatoms. The second-order valence-electron chi connectivity index (χ2n) is 39.1. The minimum Gasteiger partial charge on any atom is -0.310 e. The van der Waals surface area contributed by atoms with Gasteiger partial charge in [-0.05, 0) is 332 Å². The molecule has 0 aromatic rings. The Kier molecular flexibility index (Phi) is 114. The third kappa shape index (κ3) is 101. The van der Waals surface area contributed by atoms with Gasteiger partial charge in [-0.25, -0.2) is 0 Å². The Hall–Kier alpha value is -0.520. The molecule has 0 aliphatic heterocycles. The first-order valence-corrected chi connectivity index (χ1v) is 54.2. The van der Waals surface area contributed by atoms with E-state index in [0.29, 0.717) is 0 Å². The number of hydrogen-bond donors (Lipinski definition) is 0. The molecule has 121 heavy (non-hydrogen) atoms. The number of unbranched alkanes of at least 4 members (excludes halogenated alkanes) is 22. The molecular formula is C108H241N13. The summed E-state index contributed by atoms with van der Waals surface area (Å²) in [4.78, 5) is 31.1. The van der Waals surface area contributed by atoms with Crippen LogP contribution in [0.25, 0.3) is 0 Å². The first-order chi connectivity index (χ1) is 58.3. The van der Waals surface area contributed by atoms with Gasteiger partial charge in [-0.15, -0.1) is 0 Å².